The quantitative estimate of drug-likeness (QED) is 0.701. The summed E-state index contributed by atoms with van der Waals surface area (Å²) in [6.07, 6.45) is 7.82. The van der Waals surface area contributed by atoms with Crippen LogP contribution in [-0.2, 0) is 4.79 Å². The van der Waals surface area contributed by atoms with Gasteiger partial charge in [-0.2, -0.15) is 0 Å². The zero-order valence-electron chi connectivity index (χ0n) is 9.96. The third kappa shape index (κ3) is 4.20. The molecule has 1 amide bonds. The maximum Gasteiger partial charge on any atom is 0.236 e. The maximum atomic E-state index is 11.4. The molecule has 1 rings (SSSR count). The summed E-state index contributed by atoms with van der Waals surface area (Å²) in [7, 11) is 0. The van der Waals surface area contributed by atoms with E-state index in [1.807, 2.05) is 0 Å². The molecule has 88 valence electrons. The van der Waals surface area contributed by atoms with Crippen LogP contribution in [0.1, 0.15) is 52.4 Å². The first-order valence-electron chi connectivity index (χ1n) is 6.17. The fourth-order valence-electron chi connectivity index (χ4n) is 2.28. The summed E-state index contributed by atoms with van der Waals surface area (Å²) in [5.41, 5.74) is 5.53. The van der Waals surface area contributed by atoms with Crippen molar-refractivity contribution in [3.05, 3.63) is 0 Å². The van der Waals surface area contributed by atoms with E-state index in [0.29, 0.717) is 5.92 Å². The van der Waals surface area contributed by atoms with Gasteiger partial charge in [0.1, 0.15) is 0 Å². The van der Waals surface area contributed by atoms with E-state index in [9.17, 15) is 4.79 Å². The summed E-state index contributed by atoms with van der Waals surface area (Å²) in [6, 6.07) is -0.111. The average Bonchev–Trinajstić information content (AvgIpc) is 2.45. The molecule has 1 aliphatic rings. The van der Waals surface area contributed by atoms with Gasteiger partial charge in [-0.1, -0.05) is 25.7 Å². The summed E-state index contributed by atoms with van der Waals surface area (Å²) in [5.74, 6) is 0.627. The van der Waals surface area contributed by atoms with Crippen molar-refractivity contribution in [3.63, 3.8) is 0 Å². The molecule has 0 heterocycles. The number of nitrogens with one attached hydrogen (secondary N) is 1. The fraction of sp³-hybridized carbons (Fsp3) is 0.917. The van der Waals surface area contributed by atoms with Crippen LogP contribution in [0.5, 0.6) is 0 Å². The molecule has 3 nitrogen and oxygen atoms in total. The van der Waals surface area contributed by atoms with Gasteiger partial charge in [-0.25, -0.2) is 0 Å². The van der Waals surface area contributed by atoms with Gasteiger partial charge in [0, 0.05) is 6.04 Å². The Labute approximate surface area is 92.8 Å². The van der Waals surface area contributed by atoms with Crippen LogP contribution in [0.25, 0.3) is 0 Å². The SMILES string of the molecule is C[C@H](NC(=O)[C@@H](C)N)C1CCCCCC1. The summed E-state index contributed by atoms with van der Waals surface area (Å²) >= 11 is 0. The van der Waals surface area contributed by atoms with Crippen molar-refractivity contribution in [2.45, 2.75) is 64.5 Å². The Bertz CT molecular complexity index is 196. The number of nitrogens with two attached hydrogens (primary N) is 1. The highest BCUT2D eigenvalue weighted by Gasteiger charge is 2.21. The van der Waals surface area contributed by atoms with Crippen LogP contribution in [0.15, 0.2) is 0 Å². The molecule has 0 bridgehead atoms. The molecule has 0 unspecified atom stereocenters. The third-order valence-corrected chi connectivity index (χ3v) is 3.39. The molecule has 1 saturated carbocycles. The van der Waals surface area contributed by atoms with Gasteiger partial charge >= 0.3 is 0 Å². The number of carbonyl (C=O) groups excluding carboxylic acids is 1. The molecule has 15 heavy (non-hydrogen) atoms. The van der Waals surface area contributed by atoms with Crippen molar-refractivity contribution >= 4 is 5.91 Å². The maximum absolute atomic E-state index is 11.4. The molecule has 0 saturated heterocycles. The van der Waals surface area contributed by atoms with Crippen molar-refractivity contribution in [1.29, 1.82) is 0 Å². The molecule has 0 spiro atoms. The monoisotopic (exact) mass is 212 g/mol. The predicted octanol–water partition coefficient (Wildman–Crippen LogP) is 1.81. The van der Waals surface area contributed by atoms with Crippen molar-refractivity contribution < 1.29 is 4.79 Å². The standard InChI is InChI=1S/C12H24N2O/c1-9(13)12(15)14-10(2)11-7-5-3-4-6-8-11/h9-11H,3-8,13H2,1-2H3,(H,14,15)/t9-,10+/m1/s1. The largest absolute Gasteiger partial charge is 0.352 e. The van der Waals surface area contributed by atoms with E-state index in [4.69, 9.17) is 5.73 Å². The van der Waals surface area contributed by atoms with Gasteiger partial charge in [-0.15, -0.1) is 0 Å². The highest BCUT2D eigenvalue weighted by Crippen LogP contribution is 2.25. The lowest BCUT2D eigenvalue weighted by Gasteiger charge is -2.24. The zero-order valence-corrected chi connectivity index (χ0v) is 9.96. The third-order valence-electron chi connectivity index (χ3n) is 3.39. The molecule has 0 aromatic carbocycles. The van der Waals surface area contributed by atoms with Crippen LogP contribution in [0.3, 0.4) is 0 Å². The van der Waals surface area contributed by atoms with Gasteiger partial charge in [0.25, 0.3) is 0 Å². The molecule has 1 fully saturated rings. The Morgan fingerprint density at radius 1 is 1.20 bits per heavy atom. The second-order valence-electron chi connectivity index (χ2n) is 4.84. The molecule has 0 radical (unpaired) electrons. The van der Waals surface area contributed by atoms with Crippen LogP contribution in [0, 0.1) is 5.92 Å². The highest BCUT2D eigenvalue weighted by atomic mass is 16.2. The number of rotatable bonds is 3. The molecular weight excluding hydrogens is 188 g/mol. The van der Waals surface area contributed by atoms with Crippen LogP contribution in [0.2, 0.25) is 0 Å². The average molecular weight is 212 g/mol. The van der Waals surface area contributed by atoms with Gasteiger partial charge in [0.2, 0.25) is 5.91 Å². The molecule has 2 atom stereocenters. The van der Waals surface area contributed by atoms with E-state index >= 15 is 0 Å². The van der Waals surface area contributed by atoms with Gasteiger partial charge < -0.3 is 11.1 Å². The van der Waals surface area contributed by atoms with E-state index < -0.39 is 6.04 Å². The van der Waals surface area contributed by atoms with Gasteiger partial charge in [-0.3, -0.25) is 4.79 Å². The first-order valence-corrected chi connectivity index (χ1v) is 6.17. The van der Waals surface area contributed by atoms with Crippen LogP contribution in [0.4, 0.5) is 0 Å². The van der Waals surface area contributed by atoms with Crippen molar-refractivity contribution in [2.75, 3.05) is 0 Å². The van der Waals surface area contributed by atoms with Gasteiger partial charge in [-0.05, 0) is 32.6 Å². The zero-order chi connectivity index (χ0) is 11.3. The predicted molar refractivity (Wildman–Crippen MR) is 62.4 cm³/mol. The van der Waals surface area contributed by atoms with E-state index in [2.05, 4.69) is 12.2 Å². The molecule has 0 aromatic heterocycles. The fourth-order valence-corrected chi connectivity index (χ4v) is 2.28. The lowest BCUT2D eigenvalue weighted by Crippen LogP contribution is -2.45. The molecule has 1 aliphatic carbocycles. The first kappa shape index (κ1) is 12.5. The first-order chi connectivity index (χ1) is 7.11. The second kappa shape index (κ2) is 6.11. The minimum atomic E-state index is -0.391. The van der Waals surface area contributed by atoms with Crippen molar-refractivity contribution in [3.8, 4) is 0 Å². The summed E-state index contributed by atoms with van der Waals surface area (Å²) in [5, 5.41) is 3.01. The van der Waals surface area contributed by atoms with Crippen LogP contribution < -0.4 is 11.1 Å². The minimum absolute atomic E-state index is 0.0215. The van der Waals surface area contributed by atoms with E-state index in [1.165, 1.54) is 38.5 Å². The van der Waals surface area contributed by atoms with E-state index in [-0.39, 0.29) is 11.9 Å². The Kier molecular flexibility index (Phi) is 5.09. The molecule has 3 heteroatoms. The van der Waals surface area contributed by atoms with E-state index in [1.54, 1.807) is 6.92 Å². The smallest absolute Gasteiger partial charge is 0.236 e. The molecule has 3 N–H and O–H groups in total. The minimum Gasteiger partial charge on any atom is -0.352 e. The highest BCUT2D eigenvalue weighted by molar-refractivity contribution is 5.81. The van der Waals surface area contributed by atoms with Crippen molar-refractivity contribution in [2.24, 2.45) is 11.7 Å². The Hall–Kier alpha value is -0.570. The lowest BCUT2D eigenvalue weighted by molar-refractivity contribution is -0.122. The number of hydrogen-bond donors (Lipinski definition) is 2. The van der Waals surface area contributed by atoms with Crippen LogP contribution >= 0.6 is 0 Å². The normalized spacial score (nSPS) is 22.9. The Morgan fingerprint density at radius 2 is 1.73 bits per heavy atom. The summed E-state index contributed by atoms with van der Waals surface area (Å²) < 4.78 is 0. The molecule has 0 aliphatic heterocycles. The van der Waals surface area contributed by atoms with Gasteiger partial charge in [0.15, 0.2) is 0 Å². The van der Waals surface area contributed by atoms with Crippen molar-refractivity contribution in [1.82, 2.24) is 5.32 Å². The number of amides is 1. The second-order valence-corrected chi connectivity index (χ2v) is 4.84. The van der Waals surface area contributed by atoms with Gasteiger partial charge in [0.05, 0.1) is 6.04 Å². The topological polar surface area (TPSA) is 55.1 Å². The Balaban J connectivity index is 2.37. The lowest BCUT2D eigenvalue weighted by atomic mass is 9.93. The molecular formula is C12H24N2O. The Morgan fingerprint density at radius 3 is 2.20 bits per heavy atom. The van der Waals surface area contributed by atoms with E-state index in [0.717, 1.165) is 0 Å². The van der Waals surface area contributed by atoms with Crippen LogP contribution in [-0.4, -0.2) is 18.0 Å². The summed E-state index contributed by atoms with van der Waals surface area (Å²) in [4.78, 5) is 11.4. The summed E-state index contributed by atoms with van der Waals surface area (Å²) in [6.45, 7) is 3.84. The number of carbonyl (C=O) groups is 1. The molecule has 0 aromatic rings. The number of hydrogen-bond acceptors (Lipinski definition) is 2.